The smallest absolute Gasteiger partial charge is 0.0409 e. The van der Waals surface area contributed by atoms with Gasteiger partial charge in [0.15, 0.2) is 0 Å². The van der Waals surface area contributed by atoms with Crippen LogP contribution >= 0.6 is 11.6 Å². The number of rotatable bonds is 6. The fourth-order valence-corrected chi connectivity index (χ4v) is 4.10. The van der Waals surface area contributed by atoms with Crippen molar-refractivity contribution >= 4 is 11.6 Å². The summed E-state index contributed by atoms with van der Waals surface area (Å²) in [4.78, 5) is 0. The van der Waals surface area contributed by atoms with Gasteiger partial charge in [-0.3, -0.25) is 0 Å². The number of hydrogen-bond donors (Lipinski definition) is 1. The molecule has 1 saturated carbocycles. The minimum Gasteiger partial charge on any atom is -0.310 e. The molecule has 21 heavy (non-hydrogen) atoms. The minimum atomic E-state index is 0.467. The van der Waals surface area contributed by atoms with Gasteiger partial charge in [0.1, 0.15) is 0 Å². The highest BCUT2D eigenvalue weighted by Gasteiger charge is 2.32. The Labute approximate surface area is 135 Å². The van der Waals surface area contributed by atoms with Gasteiger partial charge in [-0.15, -0.1) is 0 Å². The van der Waals surface area contributed by atoms with Crippen LogP contribution in [-0.4, -0.2) is 6.54 Å². The quantitative estimate of drug-likeness (QED) is 0.689. The van der Waals surface area contributed by atoms with E-state index in [1.165, 1.54) is 49.7 Å². The normalized spacial score (nSPS) is 24.0. The molecule has 0 heterocycles. The third kappa shape index (κ3) is 4.23. The van der Waals surface area contributed by atoms with Crippen LogP contribution in [0.5, 0.6) is 0 Å². The van der Waals surface area contributed by atoms with Crippen LogP contribution in [0.15, 0.2) is 18.2 Å². The highest BCUT2D eigenvalue weighted by molar-refractivity contribution is 6.30. The van der Waals surface area contributed by atoms with Crippen molar-refractivity contribution in [3.05, 3.63) is 34.3 Å². The molecule has 0 aliphatic heterocycles. The summed E-state index contributed by atoms with van der Waals surface area (Å²) in [7, 11) is 0. The predicted octanol–water partition coefficient (Wildman–Crippen LogP) is 5.91. The summed E-state index contributed by atoms with van der Waals surface area (Å²) in [6, 6.07) is 6.83. The molecule has 0 saturated heterocycles. The van der Waals surface area contributed by atoms with Crippen LogP contribution in [-0.2, 0) is 0 Å². The third-order valence-corrected chi connectivity index (χ3v) is 5.35. The molecule has 0 radical (unpaired) electrons. The maximum Gasteiger partial charge on any atom is 0.0409 e. The SMILES string of the molecule is CCCNC(c1cc(Cl)ccc1C)C1CCCCC1CC. The Hall–Kier alpha value is -0.530. The molecule has 1 aromatic rings. The molecule has 1 N–H and O–H groups in total. The van der Waals surface area contributed by atoms with E-state index < -0.39 is 0 Å². The van der Waals surface area contributed by atoms with E-state index in [2.05, 4.69) is 38.2 Å². The van der Waals surface area contributed by atoms with E-state index in [1.54, 1.807) is 0 Å². The standard InChI is InChI=1S/C19H30ClN/c1-4-12-21-19(17-9-7-6-8-15(17)5-2)18-13-16(20)11-10-14(18)3/h10-11,13,15,17,19,21H,4-9,12H2,1-3H3. The van der Waals surface area contributed by atoms with E-state index in [-0.39, 0.29) is 0 Å². The number of hydrogen-bond acceptors (Lipinski definition) is 1. The average molecular weight is 308 g/mol. The minimum absolute atomic E-state index is 0.467. The van der Waals surface area contributed by atoms with Gasteiger partial charge in [-0.1, -0.05) is 57.2 Å². The van der Waals surface area contributed by atoms with Crippen LogP contribution in [0.4, 0.5) is 0 Å². The number of nitrogens with one attached hydrogen (secondary N) is 1. The molecule has 1 aromatic carbocycles. The average Bonchev–Trinajstić information content (AvgIpc) is 2.51. The lowest BCUT2D eigenvalue weighted by molar-refractivity contribution is 0.175. The molecule has 2 rings (SSSR count). The van der Waals surface area contributed by atoms with Crippen molar-refractivity contribution in [2.45, 2.75) is 65.3 Å². The van der Waals surface area contributed by atoms with Gasteiger partial charge in [0, 0.05) is 11.1 Å². The maximum absolute atomic E-state index is 6.28. The monoisotopic (exact) mass is 307 g/mol. The van der Waals surface area contributed by atoms with Crippen molar-refractivity contribution in [2.24, 2.45) is 11.8 Å². The van der Waals surface area contributed by atoms with Gasteiger partial charge in [0.2, 0.25) is 0 Å². The molecule has 1 nitrogen and oxygen atoms in total. The van der Waals surface area contributed by atoms with Crippen molar-refractivity contribution in [2.75, 3.05) is 6.54 Å². The predicted molar refractivity (Wildman–Crippen MR) is 93.0 cm³/mol. The second kappa shape index (κ2) is 8.19. The van der Waals surface area contributed by atoms with Gasteiger partial charge >= 0.3 is 0 Å². The molecule has 0 amide bonds. The van der Waals surface area contributed by atoms with Crippen molar-refractivity contribution in [3.8, 4) is 0 Å². The van der Waals surface area contributed by atoms with Gasteiger partial charge in [0.25, 0.3) is 0 Å². The Bertz CT molecular complexity index is 443. The van der Waals surface area contributed by atoms with Crippen molar-refractivity contribution in [1.29, 1.82) is 0 Å². The summed E-state index contributed by atoms with van der Waals surface area (Å²) >= 11 is 6.28. The molecular weight excluding hydrogens is 278 g/mol. The van der Waals surface area contributed by atoms with Gasteiger partial charge in [-0.05, 0) is 61.4 Å². The molecule has 1 fully saturated rings. The zero-order valence-electron chi connectivity index (χ0n) is 13.8. The largest absolute Gasteiger partial charge is 0.310 e. The summed E-state index contributed by atoms with van der Waals surface area (Å²) in [5.74, 6) is 1.61. The highest BCUT2D eigenvalue weighted by atomic mass is 35.5. The first kappa shape index (κ1) is 16.8. The van der Waals surface area contributed by atoms with Crippen LogP contribution in [0.1, 0.15) is 69.5 Å². The Kier molecular flexibility index (Phi) is 6.57. The lowest BCUT2D eigenvalue weighted by atomic mass is 9.72. The first-order valence-corrected chi connectivity index (χ1v) is 9.04. The van der Waals surface area contributed by atoms with Crippen LogP contribution in [0.25, 0.3) is 0 Å². The Morgan fingerprint density at radius 2 is 2.00 bits per heavy atom. The van der Waals surface area contributed by atoms with Gasteiger partial charge in [0.05, 0.1) is 0 Å². The molecule has 0 bridgehead atoms. The summed E-state index contributed by atoms with van der Waals surface area (Å²) in [6.07, 6.45) is 8.01. The highest BCUT2D eigenvalue weighted by Crippen LogP contribution is 2.41. The molecule has 3 unspecified atom stereocenters. The van der Waals surface area contributed by atoms with E-state index in [9.17, 15) is 0 Å². The summed E-state index contributed by atoms with van der Waals surface area (Å²) in [6.45, 7) is 7.90. The number of aryl methyl sites for hydroxylation is 1. The van der Waals surface area contributed by atoms with Crippen molar-refractivity contribution < 1.29 is 0 Å². The lowest BCUT2D eigenvalue weighted by Crippen LogP contribution is -2.35. The van der Waals surface area contributed by atoms with Crippen molar-refractivity contribution in [3.63, 3.8) is 0 Å². The van der Waals surface area contributed by atoms with E-state index in [1.807, 2.05) is 6.07 Å². The van der Waals surface area contributed by atoms with Crippen LogP contribution in [0.3, 0.4) is 0 Å². The lowest BCUT2D eigenvalue weighted by Gasteiger charge is -2.38. The summed E-state index contributed by atoms with van der Waals surface area (Å²) < 4.78 is 0. The van der Waals surface area contributed by atoms with Crippen molar-refractivity contribution in [1.82, 2.24) is 5.32 Å². The molecule has 118 valence electrons. The Morgan fingerprint density at radius 3 is 2.71 bits per heavy atom. The molecule has 1 aliphatic rings. The van der Waals surface area contributed by atoms with E-state index in [0.29, 0.717) is 6.04 Å². The fourth-order valence-electron chi connectivity index (χ4n) is 3.92. The summed E-state index contributed by atoms with van der Waals surface area (Å²) in [5, 5.41) is 4.69. The fraction of sp³-hybridized carbons (Fsp3) is 0.684. The third-order valence-electron chi connectivity index (χ3n) is 5.11. The number of benzene rings is 1. The van der Waals surface area contributed by atoms with Crippen LogP contribution in [0, 0.1) is 18.8 Å². The topological polar surface area (TPSA) is 12.0 Å². The molecule has 1 aliphatic carbocycles. The molecule has 0 aromatic heterocycles. The Balaban J connectivity index is 2.30. The first-order chi connectivity index (χ1) is 10.2. The molecular formula is C19H30ClN. The zero-order chi connectivity index (χ0) is 15.2. The van der Waals surface area contributed by atoms with E-state index >= 15 is 0 Å². The van der Waals surface area contributed by atoms with Gasteiger partial charge < -0.3 is 5.32 Å². The van der Waals surface area contributed by atoms with E-state index in [4.69, 9.17) is 11.6 Å². The van der Waals surface area contributed by atoms with Crippen LogP contribution < -0.4 is 5.32 Å². The molecule has 3 atom stereocenters. The molecule has 2 heteroatoms. The number of halogens is 1. The first-order valence-electron chi connectivity index (χ1n) is 8.66. The maximum atomic E-state index is 6.28. The van der Waals surface area contributed by atoms with Crippen LogP contribution in [0.2, 0.25) is 5.02 Å². The Morgan fingerprint density at radius 1 is 1.24 bits per heavy atom. The second-order valence-electron chi connectivity index (χ2n) is 6.55. The zero-order valence-corrected chi connectivity index (χ0v) is 14.5. The van der Waals surface area contributed by atoms with Gasteiger partial charge in [-0.25, -0.2) is 0 Å². The van der Waals surface area contributed by atoms with E-state index in [0.717, 1.165) is 23.4 Å². The van der Waals surface area contributed by atoms with Gasteiger partial charge in [-0.2, -0.15) is 0 Å². The molecule has 0 spiro atoms. The summed E-state index contributed by atoms with van der Waals surface area (Å²) in [5.41, 5.74) is 2.79. The second-order valence-corrected chi connectivity index (χ2v) is 6.99.